The molecule has 3 aromatic rings. The normalized spacial score (nSPS) is 12.2. The fourth-order valence-electron chi connectivity index (χ4n) is 2.76. The monoisotopic (exact) mass is 322 g/mol. The molecule has 0 fully saturated rings. The third-order valence-electron chi connectivity index (χ3n) is 4.21. The van der Waals surface area contributed by atoms with E-state index in [2.05, 4.69) is 16.0 Å². The van der Waals surface area contributed by atoms with Gasteiger partial charge in [0.2, 0.25) is 5.91 Å². The van der Waals surface area contributed by atoms with Crippen molar-refractivity contribution >= 4 is 16.8 Å². The number of aliphatic hydroxyl groups is 1. The van der Waals surface area contributed by atoms with Gasteiger partial charge in [-0.05, 0) is 30.0 Å². The highest BCUT2D eigenvalue weighted by Gasteiger charge is 2.10. The Morgan fingerprint density at radius 1 is 1.12 bits per heavy atom. The van der Waals surface area contributed by atoms with E-state index >= 15 is 0 Å². The van der Waals surface area contributed by atoms with Crippen LogP contribution in [0.15, 0.2) is 60.8 Å². The minimum atomic E-state index is -0.679. The topological polar surface area (TPSA) is 54.3 Å². The number of carbonyl (C=O) groups excluding carboxylic acids is 1. The number of rotatable bonds is 6. The first kappa shape index (κ1) is 16.3. The molecular weight excluding hydrogens is 300 g/mol. The van der Waals surface area contributed by atoms with E-state index in [1.165, 1.54) is 5.39 Å². The van der Waals surface area contributed by atoms with Crippen molar-refractivity contribution < 1.29 is 9.90 Å². The lowest BCUT2D eigenvalue weighted by atomic mass is 10.1. The lowest BCUT2D eigenvalue weighted by molar-refractivity contribution is -0.121. The van der Waals surface area contributed by atoms with Crippen molar-refractivity contribution in [1.29, 1.82) is 0 Å². The molecule has 1 amide bonds. The highest BCUT2D eigenvalue weighted by atomic mass is 16.3. The molecule has 1 unspecified atom stereocenters. The second kappa shape index (κ2) is 7.32. The number of benzene rings is 2. The first-order valence-electron chi connectivity index (χ1n) is 8.19. The molecule has 4 heteroatoms. The van der Waals surface area contributed by atoms with E-state index in [1.54, 1.807) is 0 Å². The Kier molecular flexibility index (Phi) is 4.96. The summed E-state index contributed by atoms with van der Waals surface area (Å²) in [6.07, 6.45) is 1.71. The Balaban J connectivity index is 1.50. The second-order valence-corrected chi connectivity index (χ2v) is 6.05. The standard InChI is InChI=1S/C20H22N2O2/c1-15-6-8-17(9-7-15)19(23)14-21-20(24)11-13-22-12-10-16-4-2-3-5-18(16)22/h2-10,12,19,23H,11,13-14H2,1H3,(H,21,24). The van der Waals surface area contributed by atoms with E-state index in [0.717, 1.165) is 16.6 Å². The summed E-state index contributed by atoms with van der Waals surface area (Å²) >= 11 is 0. The Bertz CT molecular complexity index is 821. The Hall–Kier alpha value is -2.59. The molecule has 0 bridgehead atoms. The van der Waals surface area contributed by atoms with Gasteiger partial charge in [0.1, 0.15) is 0 Å². The quantitative estimate of drug-likeness (QED) is 0.732. The van der Waals surface area contributed by atoms with Gasteiger partial charge in [-0.3, -0.25) is 4.79 Å². The van der Waals surface area contributed by atoms with Crippen LogP contribution in [0.1, 0.15) is 23.7 Å². The number of amides is 1. The average Bonchev–Trinajstić information content (AvgIpc) is 3.01. The van der Waals surface area contributed by atoms with E-state index in [9.17, 15) is 9.90 Å². The Labute approximate surface area is 141 Å². The first-order chi connectivity index (χ1) is 11.6. The predicted octanol–water partition coefficient (Wildman–Crippen LogP) is 3.19. The summed E-state index contributed by atoms with van der Waals surface area (Å²) in [5, 5.41) is 14.1. The molecule has 3 rings (SSSR count). The van der Waals surface area contributed by atoms with Gasteiger partial charge in [-0.25, -0.2) is 0 Å². The maximum absolute atomic E-state index is 12.0. The van der Waals surface area contributed by atoms with Gasteiger partial charge in [0.05, 0.1) is 6.10 Å². The van der Waals surface area contributed by atoms with Crippen molar-refractivity contribution in [2.45, 2.75) is 26.0 Å². The molecule has 0 spiro atoms. The zero-order valence-corrected chi connectivity index (χ0v) is 13.8. The number of aryl methyl sites for hydroxylation is 2. The van der Waals surface area contributed by atoms with Crippen LogP contribution in [0, 0.1) is 6.92 Å². The number of para-hydroxylation sites is 1. The summed E-state index contributed by atoms with van der Waals surface area (Å²) in [5.74, 6) is -0.0565. The van der Waals surface area contributed by atoms with E-state index in [1.807, 2.05) is 61.7 Å². The molecule has 0 saturated carbocycles. The van der Waals surface area contributed by atoms with E-state index in [-0.39, 0.29) is 12.5 Å². The number of aliphatic hydroxyl groups excluding tert-OH is 1. The third kappa shape index (κ3) is 3.84. The van der Waals surface area contributed by atoms with E-state index < -0.39 is 6.10 Å². The number of nitrogens with one attached hydrogen (secondary N) is 1. The van der Waals surface area contributed by atoms with Gasteiger partial charge in [-0.1, -0.05) is 48.0 Å². The summed E-state index contributed by atoms with van der Waals surface area (Å²) in [5.41, 5.74) is 3.09. The molecule has 0 aliphatic carbocycles. The van der Waals surface area contributed by atoms with Crippen LogP contribution in [0.4, 0.5) is 0 Å². The van der Waals surface area contributed by atoms with Gasteiger partial charge in [-0.2, -0.15) is 0 Å². The van der Waals surface area contributed by atoms with Crippen molar-refractivity contribution in [2.24, 2.45) is 0 Å². The zero-order chi connectivity index (χ0) is 16.9. The van der Waals surface area contributed by atoms with Crippen LogP contribution in [0.5, 0.6) is 0 Å². The summed E-state index contributed by atoms with van der Waals surface area (Å²) in [7, 11) is 0. The number of carbonyl (C=O) groups is 1. The Morgan fingerprint density at radius 2 is 1.88 bits per heavy atom. The van der Waals surface area contributed by atoms with Crippen LogP contribution in [-0.2, 0) is 11.3 Å². The maximum atomic E-state index is 12.0. The molecule has 2 aromatic carbocycles. The third-order valence-corrected chi connectivity index (χ3v) is 4.21. The van der Waals surface area contributed by atoms with Crippen molar-refractivity contribution in [1.82, 2.24) is 9.88 Å². The van der Waals surface area contributed by atoms with Crippen LogP contribution < -0.4 is 5.32 Å². The van der Waals surface area contributed by atoms with Crippen molar-refractivity contribution in [3.8, 4) is 0 Å². The number of hydrogen-bond donors (Lipinski definition) is 2. The summed E-state index contributed by atoms with van der Waals surface area (Å²) in [4.78, 5) is 12.0. The first-order valence-corrected chi connectivity index (χ1v) is 8.19. The Morgan fingerprint density at radius 3 is 2.67 bits per heavy atom. The van der Waals surface area contributed by atoms with Crippen LogP contribution >= 0.6 is 0 Å². The van der Waals surface area contributed by atoms with Gasteiger partial charge in [0, 0.05) is 31.2 Å². The zero-order valence-electron chi connectivity index (χ0n) is 13.8. The second-order valence-electron chi connectivity index (χ2n) is 6.05. The predicted molar refractivity (Wildman–Crippen MR) is 95.7 cm³/mol. The highest BCUT2D eigenvalue weighted by molar-refractivity contribution is 5.80. The molecule has 1 aromatic heterocycles. The number of nitrogens with zero attached hydrogens (tertiary/aromatic N) is 1. The number of fused-ring (bicyclic) bond motifs is 1. The van der Waals surface area contributed by atoms with Crippen LogP contribution in [0.25, 0.3) is 10.9 Å². The molecular formula is C20H22N2O2. The molecule has 1 atom stereocenters. The lowest BCUT2D eigenvalue weighted by Gasteiger charge is -2.13. The summed E-state index contributed by atoms with van der Waals surface area (Å²) in [6.45, 7) is 2.86. The SMILES string of the molecule is Cc1ccc(C(O)CNC(=O)CCn2ccc3ccccc32)cc1. The van der Waals surface area contributed by atoms with Crippen molar-refractivity contribution in [3.05, 3.63) is 71.9 Å². The van der Waals surface area contributed by atoms with Gasteiger partial charge >= 0.3 is 0 Å². The van der Waals surface area contributed by atoms with Crippen LogP contribution in [0.3, 0.4) is 0 Å². The smallest absolute Gasteiger partial charge is 0.221 e. The highest BCUT2D eigenvalue weighted by Crippen LogP contribution is 2.15. The molecule has 0 aliphatic rings. The van der Waals surface area contributed by atoms with Crippen molar-refractivity contribution in [2.75, 3.05) is 6.54 Å². The molecule has 0 saturated heterocycles. The van der Waals surface area contributed by atoms with Gasteiger partial charge in [0.15, 0.2) is 0 Å². The molecule has 1 heterocycles. The van der Waals surface area contributed by atoms with Crippen molar-refractivity contribution in [3.63, 3.8) is 0 Å². The number of aromatic nitrogens is 1. The van der Waals surface area contributed by atoms with E-state index in [4.69, 9.17) is 0 Å². The molecule has 4 nitrogen and oxygen atoms in total. The summed E-state index contributed by atoms with van der Waals surface area (Å²) in [6, 6.07) is 17.8. The summed E-state index contributed by atoms with van der Waals surface area (Å²) < 4.78 is 2.07. The van der Waals surface area contributed by atoms with Gasteiger partial charge in [0.25, 0.3) is 0 Å². The van der Waals surface area contributed by atoms with E-state index in [0.29, 0.717) is 13.0 Å². The van der Waals surface area contributed by atoms with Gasteiger partial charge < -0.3 is 15.0 Å². The van der Waals surface area contributed by atoms with Gasteiger partial charge in [-0.15, -0.1) is 0 Å². The fourth-order valence-corrected chi connectivity index (χ4v) is 2.76. The average molecular weight is 322 g/mol. The molecule has 24 heavy (non-hydrogen) atoms. The fraction of sp³-hybridized carbons (Fsp3) is 0.250. The maximum Gasteiger partial charge on any atom is 0.221 e. The molecule has 124 valence electrons. The van der Waals surface area contributed by atoms with Crippen LogP contribution in [0.2, 0.25) is 0 Å². The minimum Gasteiger partial charge on any atom is -0.387 e. The molecule has 0 radical (unpaired) electrons. The lowest BCUT2D eigenvalue weighted by Crippen LogP contribution is -2.29. The minimum absolute atomic E-state index is 0.0565. The van der Waals surface area contributed by atoms with Crippen LogP contribution in [-0.4, -0.2) is 22.1 Å². The molecule has 0 aliphatic heterocycles. The number of hydrogen-bond acceptors (Lipinski definition) is 2. The largest absolute Gasteiger partial charge is 0.387 e. The molecule has 2 N–H and O–H groups in total.